The zero-order valence-electron chi connectivity index (χ0n) is 48.0. The topological polar surface area (TPSA) is 294 Å². The average molecular weight is 1200 g/mol. The summed E-state index contributed by atoms with van der Waals surface area (Å²) in [6.07, 6.45) is 8.71. The highest BCUT2D eigenvalue weighted by molar-refractivity contribution is 8.00. The first-order valence-electron chi connectivity index (χ1n) is 29.2. The predicted octanol–water partition coefficient (Wildman–Crippen LogP) is 4.35. The molecule has 0 spiro atoms. The molecule has 3 aliphatic heterocycles. The Morgan fingerprint density at radius 3 is 2.11 bits per heavy atom. The summed E-state index contributed by atoms with van der Waals surface area (Å²) in [5.41, 5.74) is 1.01. The zero-order chi connectivity index (χ0) is 58.5. The SMILES string of the molecule is CCOP(=O)(OCC)C(CC)NC(=O)[C@@H]1CC2CCCCC2N1C(=O)[C@H](CCS(C)(=O)=O)NC(=O)[C@H](CCCCOCc1ccccc1)NC(=O)CCOCCOCCOCCOCCNC(=O)CCCCC1SCC2NC(=O)NC21. The van der Waals surface area contributed by atoms with Crippen LogP contribution in [0.15, 0.2) is 30.3 Å². The minimum absolute atomic E-state index is 0.0103. The van der Waals surface area contributed by atoms with E-state index in [9.17, 15) is 41.8 Å². The largest absolute Gasteiger partial charge is 0.379 e. The first-order valence-corrected chi connectivity index (χ1v) is 33.9. The second-order valence-electron chi connectivity index (χ2n) is 21.0. The molecule has 6 N–H and O–H groups in total. The van der Waals surface area contributed by atoms with Crippen molar-refractivity contribution in [3.8, 4) is 0 Å². The second-order valence-corrected chi connectivity index (χ2v) is 26.7. The Balaban J connectivity index is 1.04. The van der Waals surface area contributed by atoms with Gasteiger partial charge in [0, 0.05) is 49.3 Å². The molecule has 460 valence electrons. The highest BCUT2D eigenvalue weighted by atomic mass is 32.2. The van der Waals surface area contributed by atoms with Crippen molar-refractivity contribution in [3.63, 3.8) is 0 Å². The van der Waals surface area contributed by atoms with E-state index in [0.29, 0.717) is 90.1 Å². The lowest BCUT2D eigenvalue weighted by molar-refractivity contribution is -0.144. The third-order valence-corrected chi connectivity index (χ3v) is 19.7. The summed E-state index contributed by atoms with van der Waals surface area (Å²) in [6, 6.07) is 6.18. The standard InChI is InChI=1S/C55H92N7O16PS2/c1-5-50(79(69,77-6-2)78-7-3)60-53(66)46-37-41-19-11-12-21-45(41)62(46)54(67)43(25-36-81(4,70)71)58-52(65)42(20-15-16-27-76-38-40-17-9-8-10-18-40)57-49(64)24-28-72-30-32-74-34-35-75-33-31-73-29-26-56-48(63)23-14-13-22-47-51-44(39-80-47)59-55(68)61-51/h8-10,17-18,41-47,50-51H,5-7,11-16,19-39H2,1-4H3,(H,56,63)(H,57,64)(H,58,65)(H,60,66)(H2,59,61,68)/t41?,42-,43-,44?,45?,46-,47?,50?,51?/m0/s1. The Morgan fingerprint density at radius 2 is 1.43 bits per heavy atom. The van der Waals surface area contributed by atoms with Crippen LogP contribution in [0.5, 0.6) is 0 Å². The van der Waals surface area contributed by atoms with Crippen molar-refractivity contribution in [2.24, 2.45) is 5.92 Å². The van der Waals surface area contributed by atoms with Gasteiger partial charge in [-0.2, -0.15) is 11.8 Å². The van der Waals surface area contributed by atoms with Gasteiger partial charge in [-0.1, -0.05) is 56.5 Å². The third kappa shape index (κ3) is 23.9. The maximum absolute atomic E-state index is 14.9. The van der Waals surface area contributed by atoms with Crippen LogP contribution < -0.4 is 31.9 Å². The molecule has 26 heteroatoms. The Morgan fingerprint density at radius 1 is 0.753 bits per heavy atom. The Kier molecular flexibility index (Phi) is 30.8. The van der Waals surface area contributed by atoms with E-state index < -0.39 is 70.7 Å². The number of ether oxygens (including phenoxy) is 5. The molecule has 1 aliphatic carbocycles. The van der Waals surface area contributed by atoms with Crippen molar-refractivity contribution < 1.29 is 74.5 Å². The number of benzene rings is 1. The number of thioether (sulfide) groups is 1. The van der Waals surface area contributed by atoms with Crippen LogP contribution in [0.3, 0.4) is 0 Å². The molecular formula is C55H92N7O16PS2. The second kappa shape index (κ2) is 36.7. The van der Waals surface area contributed by atoms with Crippen LogP contribution in [-0.4, -0.2) is 193 Å². The summed E-state index contributed by atoms with van der Waals surface area (Å²) in [5.74, 6) is -2.81. The van der Waals surface area contributed by atoms with Crippen LogP contribution in [-0.2, 0) is 77.7 Å². The van der Waals surface area contributed by atoms with Gasteiger partial charge in [-0.25, -0.2) is 13.2 Å². The van der Waals surface area contributed by atoms with Crippen LogP contribution in [0.1, 0.15) is 123 Å². The molecule has 5 rings (SSSR count). The Bertz CT molecular complexity index is 2250. The fourth-order valence-corrected chi connectivity index (χ4v) is 14.8. The maximum Gasteiger partial charge on any atom is 0.352 e. The maximum atomic E-state index is 14.9. The van der Waals surface area contributed by atoms with Crippen molar-refractivity contribution in [2.45, 2.75) is 171 Å². The number of likely N-dealkylation sites (tertiary alicyclic amines) is 1. The molecule has 0 bridgehead atoms. The molecule has 7 amide bonds. The number of nitrogens with one attached hydrogen (secondary N) is 6. The van der Waals surface area contributed by atoms with Gasteiger partial charge in [0.1, 0.15) is 33.7 Å². The number of amides is 7. The van der Waals surface area contributed by atoms with Crippen molar-refractivity contribution in [1.29, 1.82) is 0 Å². The summed E-state index contributed by atoms with van der Waals surface area (Å²) in [4.78, 5) is 82.3. The number of fused-ring (bicyclic) bond motifs is 2. The molecule has 0 aromatic heterocycles. The van der Waals surface area contributed by atoms with Crippen molar-refractivity contribution >= 4 is 64.8 Å². The molecule has 1 saturated carbocycles. The first-order chi connectivity index (χ1) is 39.0. The van der Waals surface area contributed by atoms with Gasteiger partial charge in [0.2, 0.25) is 29.5 Å². The van der Waals surface area contributed by atoms with Gasteiger partial charge in [0.25, 0.3) is 0 Å². The van der Waals surface area contributed by atoms with Gasteiger partial charge in [0.15, 0.2) is 0 Å². The van der Waals surface area contributed by atoms with Gasteiger partial charge >= 0.3 is 13.6 Å². The lowest BCUT2D eigenvalue weighted by atomic mass is 9.84. The van der Waals surface area contributed by atoms with E-state index in [0.717, 1.165) is 56.1 Å². The lowest BCUT2D eigenvalue weighted by Gasteiger charge is -2.37. The molecular weight excluding hydrogens is 1110 g/mol. The first kappa shape index (κ1) is 67.9. The van der Waals surface area contributed by atoms with E-state index >= 15 is 0 Å². The zero-order valence-corrected chi connectivity index (χ0v) is 50.6. The monoisotopic (exact) mass is 1200 g/mol. The smallest absolute Gasteiger partial charge is 0.352 e. The summed E-state index contributed by atoms with van der Waals surface area (Å²) in [5, 5.41) is 17.7. The van der Waals surface area contributed by atoms with Crippen LogP contribution in [0.25, 0.3) is 0 Å². The number of sulfone groups is 1. The van der Waals surface area contributed by atoms with E-state index in [1.165, 1.54) is 4.90 Å². The van der Waals surface area contributed by atoms with E-state index in [1.54, 1.807) is 20.8 Å². The molecule has 1 aromatic rings. The van der Waals surface area contributed by atoms with Crippen LogP contribution in [0, 0.1) is 5.92 Å². The predicted molar refractivity (Wildman–Crippen MR) is 307 cm³/mol. The quantitative estimate of drug-likeness (QED) is 0.0301. The number of hydrogen-bond donors (Lipinski definition) is 6. The Hall–Kier alpha value is -3.91. The number of nitrogens with zero attached hydrogens (tertiary/aromatic N) is 1. The lowest BCUT2D eigenvalue weighted by Crippen LogP contribution is -2.59. The van der Waals surface area contributed by atoms with Gasteiger partial charge in [0.05, 0.1) is 90.5 Å². The molecule has 81 heavy (non-hydrogen) atoms. The van der Waals surface area contributed by atoms with Crippen molar-refractivity contribution in [3.05, 3.63) is 35.9 Å². The number of urea groups is 1. The number of hydrogen-bond acceptors (Lipinski definition) is 17. The van der Waals surface area contributed by atoms with Gasteiger partial charge in [-0.05, 0) is 89.5 Å². The fourth-order valence-electron chi connectivity index (χ4n) is 10.7. The minimum Gasteiger partial charge on any atom is -0.379 e. The van der Waals surface area contributed by atoms with E-state index in [4.69, 9.17) is 32.7 Å². The highest BCUT2D eigenvalue weighted by Crippen LogP contribution is 2.53. The number of unbranched alkanes of at least 4 members (excludes halogenated alkanes) is 2. The van der Waals surface area contributed by atoms with E-state index in [2.05, 4.69) is 31.9 Å². The number of carbonyl (C=O) groups excluding carboxylic acids is 6. The summed E-state index contributed by atoms with van der Waals surface area (Å²) in [6.45, 7) is 8.71. The van der Waals surface area contributed by atoms with Gasteiger partial charge in [-0.15, -0.1) is 0 Å². The summed E-state index contributed by atoms with van der Waals surface area (Å²) in [7, 11) is -7.41. The van der Waals surface area contributed by atoms with Crippen LogP contribution in [0.4, 0.5) is 4.79 Å². The fraction of sp³-hybridized carbons (Fsp3) is 0.782. The van der Waals surface area contributed by atoms with E-state index in [-0.39, 0.29) is 94.7 Å². The Labute approximate surface area is 483 Å². The van der Waals surface area contributed by atoms with E-state index in [1.807, 2.05) is 42.1 Å². The van der Waals surface area contributed by atoms with Gasteiger partial charge in [-0.3, -0.25) is 28.5 Å². The molecule has 1 aromatic carbocycles. The minimum atomic E-state index is -3.78. The highest BCUT2D eigenvalue weighted by Gasteiger charge is 2.50. The van der Waals surface area contributed by atoms with Crippen LogP contribution in [0.2, 0.25) is 0 Å². The van der Waals surface area contributed by atoms with Crippen LogP contribution >= 0.6 is 19.4 Å². The summed E-state index contributed by atoms with van der Waals surface area (Å²) < 4.78 is 78.4. The van der Waals surface area contributed by atoms with Crippen molar-refractivity contribution in [1.82, 2.24) is 36.8 Å². The van der Waals surface area contributed by atoms with Crippen molar-refractivity contribution in [2.75, 3.05) is 97.0 Å². The molecule has 4 aliphatic rings. The molecule has 9 atom stereocenters. The molecule has 6 unspecified atom stereocenters. The normalized spacial score (nSPS) is 21.7. The number of rotatable bonds is 42. The molecule has 0 radical (unpaired) electrons. The molecule has 23 nitrogen and oxygen atoms in total. The molecule has 4 fully saturated rings. The summed E-state index contributed by atoms with van der Waals surface area (Å²) >= 11 is 1.87. The average Bonchev–Trinajstić information content (AvgIpc) is 4.30. The molecule has 3 saturated heterocycles. The van der Waals surface area contributed by atoms with Gasteiger partial charge < -0.3 is 69.5 Å². The molecule has 3 heterocycles. The number of carbonyl (C=O) groups is 6. The third-order valence-electron chi connectivity index (χ3n) is 14.8.